The van der Waals surface area contributed by atoms with Gasteiger partial charge in [0.05, 0.1) is 12.6 Å². The van der Waals surface area contributed by atoms with E-state index in [0.29, 0.717) is 6.10 Å². The number of aliphatic imine (C=N–C) groups is 1. The lowest BCUT2D eigenvalue weighted by Crippen LogP contribution is -2.47. The maximum Gasteiger partial charge on any atom is 0.194 e. The van der Waals surface area contributed by atoms with E-state index in [0.717, 1.165) is 71.2 Å². The summed E-state index contributed by atoms with van der Waals surface area (Å²) in [7, 11) is 0. The summed E-state index contributed by atoms with van der Waals surface area (Å²) in [6.45, 7) is 16.3. The van der Waals surface area contributed by atoms with Gasteiger partial charge in [-0.3, -0.25) is 4.90 Å². The number of piperidine rings is 1. The number of benzene rings is 1. The first-order valence-corrected chi connectivity index (χ1v) is 10.7. The predicted octanol–water partition coefficient (Wildman–Crippen LogP) is 3.49. The van der Waals surface area contributed by atoms with Crippen molar-refractivity contribution >= 4 is 5.96 Å². The van der Waals surface area contributed by atoms with Gasteiger partial charge in [-0.05, 0) is 50.9 Å². The normalized spacial score (nSPS) is 16.2. The topological polar surface area (TPSA) is 40.1 Å². The number of hydrogen-bond acceptors (Lipinski definition) is 3. The van der Waals surface area contributed by atoms with Crippen LogP contribution in [0.4, 0.5) is 0 Å². The molecule has 1 fully saturated rings. The third-order valence-corrected chi connectivity index (χ3v) is 5.28. The average Bonchev–Trinajstić information content (AvgIpc) is 2.71. The number of likely N-dealkylation sites (tertiary alicyclic amines) is 1. The van der Waals surface area contributed by atoms with Crippen molar-refractivity contribution in [3.63, 3.8) is 0 Å². The molecule has 0 aliphatic carbocycles. The van der Waals surface area contributed by atoms with Crippen LogP contribution in [0, 0.1) is 0 Å². The summed E-state index contributed by atoms with van der Waals surface area (Å²) >= 11 is 0. The molecule has 0 atom stereocenters. The van der Waals surface area contributed by atoms with E-state index < -0.39 is 0 Å². The molecule has 1 aromatic rings. The Labute approximate surface area is 165 Å². The number of ether oxygens (including phenoxy) is 1. The summed E-state index contributed by atoms with van der Waals surface area (Å²) in [6, 6.07) is 8.71. The molecule has 1 aliphatic heterocycles. The largest absolute Gasteiger partial charge is 0.378 e. The molecule has 1 aliphatic rings. The molecule has 5 heteroatoms. The lowest BCUT2D eigenvalue weighted by atomic mass is 10.1. The van der Waals surface area contributed by atoms with Crippen LogP contribution in [0.1, 0.15) is 51.7 Å². The fourth-order valence-electron chi connectivity index (χ4n) is 3.61. The van der Waals surface area contributed by atoms with E-state index in [1.54, 1.807) is 0 Å². The average molecular weight is 375 g/mol. The Kier molecular flexibility index (Phi) is 9.64. The van der Waals surface area contributed by atoms with Crippen molar-refractivity contribution in [3.8, 4) is 0 Å². The Morgan fingerprint density at radius 1 is 1.11 bits per heavy atom. The van der Waals surface area contributed by atoms with Gasteiger partial charge in [0.2, 0.25) is 0 Å². The van der Waals surface area contributed by atoms with Crippen LogP contribution in [-0.2, 0) is 17.8 Å². The van der Waals surface area contributed by atoms with Gasteiger partial charge in [-0.1, -0.05) is 38.1 Å². The van der Waals surface area contributed by atoms with Gasteiger partial charge in [0.25, 0.3) is 0 Å². The van der Waals surface area contributed by atoms with Crippen LogP contribution in [0.5, 0.6) is 0 Å². The minimum Gasteiger partial charge on any atom is -0.378 e. The summed E-state index contributed by atoms with van der Waals surface area (Å²) in [5.74, 6) is 1.03. The smallest absolute Gasteiger partial charge is 0.194 e. The molecule has 0 spiro atoms. The highest BCUT2D eigenvalue weighted by molar-refractivity contribution is 5.80. The fourth-order valence-corrected chi connectivity index (χ4v) is 3.61. The fraction of sp³-hybridized carbons (Fsp3) is 0.682. The van der Waals surface area contributed by atoms with E-state index in [9.17, 15) is 0 Å². The van der Waals surface area contributed by atoms with Gasteiger partial charge in [-0.2, -0.15) is 0 Å². The van der Waals surface area contributed by atoms with E-state index in [1.807, 2.05) is 0 Å². The Balaban J connectivity index is 2.04. The maximum absolute atomic E-state index is 5.78. The molecule has 1 saturated heterocycles. The van der Waals surface area contributed by atoms with Gasteiger partial charge in [0.1, 0.15) is 0 Å². The molecule has 152 valence electrons. The molecule has 2 rings (SSSR count). The Morgan fingerprint density at radius 2 is 1.78 bits per heavy atom. The predicted molar refractivity (Wildman–Crippen MR) is 114 cm³/mol. The SMILES string of the molecule is CCNC(=NCc1ccccc1CN(CC)CC)N1CCC(OCC)CC1. The molecule has 0 saturated carbocycles. The highest BCUT2D eigenvalue weighted by Crippen LogP contribution is 2.16. The van der Waals surface area contributed by atoms with E-state index in [-0.39, 0.29) is 0 Å². The van der Waals surface area contributed by atoms with Gasteiger partial charge in [-0.15, -0.1) is 0 Å². The zero-order valence-electron chi connectivity index (χ0n) is 17.7. The van der Waals surface area contributed by atoms with Crippen LogP contribution in [0.25, 0.3) is 0 Å². The molecule has 1 heterocycles. The number of nitrogens with one attached hydrogen (secondary N) is 1. The Morgan fingerprint density at radius 3 is 2.37 bits per heavy atom. The van der Waals surface area contributed by atoms with Crippen molar-refractivity contribution in [1.29, 1.82) is 0 Å². The van der Waals surface area contributed by atoms with Crippen molar-refractivity contribution in [2.75, 3.05) is 39.3 Å². The van der Waals surface area contributed by atoms with E-state index >= 15 is 0 Å². The van der Waals surface area contributed by atoms with E-state index in [2.05, 4.69) is 67.1 Å². The third-order valence-electron chi connectivity index (χ3n) is 5.28. The van der Waals surface area contributed by atoms with Gasteiger partial charge in [0.15, 0.2) is 5.96 Å². The van der Waals surface area contributed by atoms with Crippen molar-refractivity contribution < 1.29 is 4.74 Å². The van der Waals surface area contributed by atoms with E-state index in [4.69, 9.17) is 9.73 Å². The Bertz CT molecular complexity index is 563. The summed E-state index contributed by atoms with van der Waals surface area (Å²) in [5, 5.41) is 3.48. The van der Waals surface area contributed by atoms with Crippen LogP contribution in [0.2, 0.25) is 0 Å². The highest BCUT2D eigenvalue weighted by atomic mass is 16.5. The first-order valence-electron chi connectivity index (χ1n) is 10.7. The first-order chi connectivity index (χ1) is 13.2. The summed E-state index contributed by atoms with van der Waals surface area (Å²) in [4.78, 5) is 9.80. The number of hydrogen-bond donors (Lipinski definition) is 1. The molecule has 1 N–H and O–H groups in total. The molecular weight excluding hydrogens is 336 g/mol. The molecule has 27 heavy (non-hydrogen) atoms. The molecular formula is C22H38N4O. The minimum atomic E-state index is 0.406. The van der Waals surface area contributed by atoms with Gasteiger partial charge < -0.3 is 15.0 Å². The van der Waals surface area contributed by atoms with Crippen molar-refractivity contribution in [3.05, 3.63) is 35.4 Å². The minimum absolute atomic E-state index is 0.406. The zero-order valence-corrected chi connectivity index (χ0v) is 17.7. The second kappa shape index (κ2) is 12.0. The first kappa shape index (κ1) is 21.7. The second-order valence-electron chi connectivity index (χ2n) is 7.04. The lowest BCUT2D eigenvalue weighted by molar-refractivity contribution is 0.0263. The quantitative estimate of drug-likeness (QED) is 0.530. The maximum atomic E-state index is 5.78. The number of rotatable bonds is 9. The van der Waals surface area contributed by atoms with Crippen molar-refractivity contribution in [1.82, 2.24) is 15.1 Å². The van der Waals surface area contributed by atoms with Crippen molar-refractivity contribution in [2.45, 2.75) is 59.7 Å². The van der Waals surface area contributed by atoms with Crippen LogP contribution >= 0.6 is 0 Å². The van der Waals surface area contributed by atoms with Gasteiger partial charge >= 0.3 is 0 Å². The third kappa shape index (κ3) is 6.82. The zero-order chi connectivity index (χ0) is 19.5. The highest BCUT2D eigenvalue weighted by Gasteiger charge is 2.21. The molecule has 1 aromatic carbocycles. The monoisotopic (exact) mass is 374 g/mol. The van der Waals surface area contributed by atoms with Gasteiger partial charge in [0, 0.05) is 32.8 Å². The van der Waals surface area contributed by atoms with Crippen LogP contribution in [-0.4, -0.2) is 61.2 Å². The lowest BCUT2D eigenvalue weighted by Gasteiger charge is -2.34. The van der Waals surface area contributed by atoms with Gasteiger partial charge in [-0.25, -0.2) is 4.99 Å². The molecule has 0 aromatic heterocycles. The second-order valence-corrected chi connectivity index (χ2v) is 7.04. The Hall–Kier alpha value is -1.59. The molecule has 0 amide bonds. The van der Waals surface area contributed by atoms with Crippen LogP contribution in [0.15, 0.2) is 29.3 Å². The molecule has 5 nitrogen and oxygen atoms in total. The molecule has 0 bridgehead atoms. The van der Waals surface area contributed by atoms with Crippen molar-refractivity contribution in [2.24, 2.45) is 4.99 Å². The van der Waals surface area contributed by atoms with Crippen LogP contribution < -0.4 is 5.32 Å². The number of guanidine groups is 1. The van der Waals surface area contributed by atoms with E-state index in [1.165, 1.54) is 11.1 Å². The summed E-state index contributed by atoms with van der Waals surface area (Å²) < 4.78 is 5.78. The number of nitrogens with zero attached hydrogens (tertiary/aromatic N) is 3. The standard InChI is InChI=1S/C22H38N4O/c1-5-23-22(26-15-13-21(14-16-26)27-8-4)24-17-19-11-9-10-12-20(19)18-25(6-2)7-3/h9-12,21H,5-8,13-18H2,1-4H3,(H,23,24). The molecule has 0 radical (unpaired) electrons. The summed E-state index contributed by atoms with van der Waals surface area (Å²) in [6.07, 6.45) is 2.57. The molecule has 0 unspecified atom stereocenters. The van der Waals surface area contributed by atoms with Crippen LogP contribution in [0.3, 0.4) is 0 Å². The summed E-state index contributed by atoms with van der Waals surface area (Å²) in [5.41, 5.74) is 2.71.